The average molecular weight is 1350 g/mol. The molecule has 0 unspecified atom stereocenters. The number of rotatable bonds is 6. The summed E-state index contributed by atoms with van der Waals surface area (Å²) >= 11 is 3.47. The topological polar surface area (TPSA) is 118 Å². The Morgan fingerprint density at radius 3 is 0.835 bits per heavy atom. The van der Waals surface area contributed by atoms with E-state index in [2.05, 4.69) is 182 Å². The maximum absolute atomic E-state index is 6.28. The molecule has 10 aromatic carbocycles. The highest BCUT2D eigenvalue weighted by molar-refractivity contribution is 9.10. The van der Waals surface area contributed by atoms with Crippen molar-refractivity contribution in [1.29, 1.82) is 0 Å². The van der Waals surface area contributed by atoms with Gasteiger partial charge in [0.15, 0.2) is 46.0 Å². The second kappa shape index (κ2) is 24.6. The number of benzene rings is 10. The molecule has 12 aromatic rings. The van der Waals surface area contributed by atoms with Crippen LogP contribution in [0.15, 0.2) is 223 Å². The zero-order valence-corrected chi connectivity index (χ0v) is 57.5. The van der Waals surface area contributed by atoms with Gasteiger partial charge in [-0.3, -0.25) is 4.98 Å². The first-order valence-corrected chi connectivity index (χ1v) is 33.4. The molecule has 2 aromatic heterocycles. The van der Waals surface area contributed by atoms with E-state index in [9.17, 15) is 0 Å². The minimum absolute atomic E-state index is 0. The Morgan fingerprint density at radius 1 is 0.278 bits per heavy atom. The number of para-hydroxylation sites is 4. The summed E-state index contributed by atoms with van der Waals surface area (Å²) in [7, 11) is -1.45. The van der Waals surface area contributed by atoms with E-state index < -0.39 is 32.3 Å². The van der Waals surface area contributed by atoms with Gasteiger partial charge in [-0.25, -0.2) is 4.98 Å². The SMILES string of the molecule is Brc1ccc(-c2c3ccccc3c(-c3ccc4c(c3)Oc3ccccc3O4)c3ccccc23)cn1.C.CC1(C)OB(B2OC(C)(C)C(C)(C)O2)OC1(C)C.CC1(C)OB(c2ccc(-c3c4ccccc4c(-c4ccc5c(c4)Oc4ccccc4O5)c4ccccc34)cn2)OC1(C)C. The van der Waals surface area contributed by atoms with Gasteiger partial charge in [0.25, 0.3) is 0 Å². The van der Waals surface area contributed by atoms with Crippen molar-refractivity contribution in [1.82, 2.24) is 9.97 Å². The summed E-state index contributed by atoms with van der Waals surface area (Å²) in [4.78, 5) is 9.35. The maximum Gasteiger partial charge on any atom is 0.514 e. The number of halogens is 1. The molecular formula is C81H76B3BrN2O10. The lowest BCUT2D eigenvalue weighted by molar-refractivity contribution is 0.00578. The fraction of sp³-hybridized carbons (Fsp3) is 0.235. The molecule has 0 radical (unpaired) electrons. The normalized spacial score (nSPS) is 17.6. The third-order valence-electron chi connectivity index (χ3n) is 20.3. The maximum atomic E-state index is 6.28. The summed E-state index contributed by atoms with van der Waals surface area (Å²) in [6.07, 6.45) is 3.87. The van der Waals surface area contributed by atoms with Crippen LogP contribution in [0.2, 0.25) is 0 Å². The molecule has 97 heavy (non-hydrogen) atoms. The van der Waals surface area contributed by atoms with Gasteiger partial charge in [-0.2, -0.15) is 0 Å². The minimum Gasteiger partial charge on any atom is -0.450 e. The van der Waals surface area contributed by atoms with Gasteiger partial charge >= 0.3 is 21.1 Å². The number of nitrogens with zero attached hydrogens (tertiary/aromatic N) is 2. The van der Waals surface area contributed by atoms with Crippen LogP contribution in [0.5, 0.6) is 46.0 Å². The van der Waals surface area contributed by atoms with Crippen LogP contribution in [0, 0.1) is 0 Å². The van der Waals surface area contributed by atoms with E-state index in [1.165, 1.54) is 32.7 Å². The van der Waals surface area contributed by atoms with E-state index in [0.29, 0.717) is 17.2 Å². The smallest absolute Gasteiger partial charge is 0.450 e. The van der Waals surface area contributed by atoms with Gasteiger partial charge in [0, 0.05) is 23.5 Å². The van der Waals surface area contributed by atoms with Crippen molar-refractivity contribution < 1.29 is 46.9 Å². The van der Waals surface area contributed by atoms with Crippen molar-refractivity contribution in [2.75, 3.05) is 0 Å². The molecule has 16 heteroatoms. The van der Waals surface area contributed by atoms with Crippen LogP contribution in [-0.4, -0.2) is 64.7 Å². The lowest BCUT2D eigenvalue weighted by Crippen LogP contribution is -2.41. The van der Waals surface area contributed by atoms with Gasteiger partial charge < -0.3 is 46.9 Å². The van der Waals surface area contributed by atoms with Crippen LogP contribution in [0.25, 0.3) is 87.6 Å². The van der Waals surface area contributed by atoms with E-state index in [4.69, 9.17) is 51.9 Å². The Kier molecular flexibility index (Phi) is 16.6. The third-order valence-corrected chi connectivity index (χ3v) is 20.7. The summed E-state index contributed by atoms with van der Waals surface area (Å²) in [6.45, 7) is 24.4. The van der Waals surface area contributed by atoms with Gasteiger partial charge in [-0.1, -0.05) is 153 Å². The van der Waals surface area contributed by atoms with Crippen LogP contribution in [0.1, 0.15) is 90.5 Å². The fourth-order valence-electron chi connectivity index (χ4n) is 13.0. The van der Waals surface area contributed by atoms with Crippen LogP contribution >= 0.6 is 15.9 Å². The lowest BCUT2D eigenvalue weighted by Gasteiger charge is -2.32. The van der Waals surface area contributed by atoms with Crippen LogP contribution in [-0.2, 0) is 27.9 Å². The third kappa shape index (κ3) is 11.7. The molecule has 17 rings (SSSR count). The Hall–Kier alpha value is -8.83. The Labute approximate surface area is 577 Å². The summed E-state index contributed by atoms with van der Waals surface area (Å²) in [6, 6.07) is 70.4. The van der Waals surface area contributed by atoms with Crippen molar-refractivity contribution in [3.05, 3.63) is 223 Å². The molecule has 0 atom stereocenters. The number of hydrogen-bond acceptors (Lipinski definition) is 12. The van der Waals surface area contributed by atoms with Crippen LogP contribution < -0.4 is 24.5 Å². The molecule has 486 valence electrons. The van der Waals surface area contributed by atoms with Crippen molar-refractivity contribution in [3.63, 3.8) is 0 Å². The lowest BCUT2D eigenvalue weighted by atomic mass is 9.49. The predicted octanol–water partition coefficient (Wildman–Crippen LogP) is 21.2. The number of aromatic nitrogens is 2. The zero-order valence-electron chi connectivity index (χ0n) is 55.9. The summed E-state index contributed by atoms with van der Waals surface area (Å²) < 4.78 is 61.9. The molecule has 0 spiro atoms. The van der Waals surface area contributed by atoms with Crippen LogP contribution in [0.3, 0.4) is 0 Å². The number of pyridine rings is 2. The fourth-order valence-corrected chi connectivity index (χ4v) is 13.3. The average Bonchev–Trinajstić information content (AvgIpc) is 1.46. The first-order chi connectivity index (χ1) is 45.9. The molecule has 5 aliphatic rings. The largest absolute Gasteiger partial charge is 0.514 e. The van der Waals surface area contributed by atoms with Crippen molar-refractivity contribution in [3.8, 4) is 90.5 Å². The Bertz CT molecular complexity index is 4840. The van der Waals surface area contributed by atoms with Gasteiger partial charge in [-0.15, -0.1) is 0 Å². The molecule has 3 fully saturated rings. The minimum atomic E-state index is -0.503. The Morgan fingerprint density at radius 2 is 0.536 bits per heavy atom. The van der Waals surface area contributed by atoms with E-state index in [1.807, 2.05) is 141 Å². The second-order valence-corrected chi connectivity index (χ2v) is 28.8. The Balaban J connectivity index is 0.000000134. The van der Waals surface area contributed by atoms with E-state index in [-0.39, 0.29) is 29.8 Å². The summed E-state index contributed by atoms with van der Waals surface area (Å²) in [5.41, 5.74) is 7.43. The quantitative estimate of drug-likeness (QED) is 0.0896. The van der Waals surface area contributed by atoms with E-state index in [0.717, 1.165) is 93.9 Å². The summed E-state index contributed by atoms with van der Waals surface area (Å²) in [5, 5.41) is 9.35. The monoisotopic (exact) mass is 1350 g/mol. The molecule has 0 N–H and O–H groups in total. The predicted molar refractivity (Wildman–Crippen MR) is 396 cm³/mol. The molecule has 12 nitrogen and oxygen atoms in total. The van der Waals surface area contributed by atoms with Gasteiger partial charge in [-0.05, 0) is 236 Å². The molecular weight excluding hydrogens is 1270 g/mol. The van der Waals surface area contributed by atoms with Gasteiger partial charge in [0.1, 0.15) is 4.60 Å². The van der Waals surface area contributed by atoms with E-state index in [1.54, 1.807) is 0 Å². The highest BCUT2D eigenvalue weighted by Crippen LogP contribution is 2.52. The molecule has 0 aliphatic carbocycles. The van der Waals surface area contributed by atoms with Gasteiger partial charge in [0.2, 0.25) is 0 Å². The second-order valence-electron chi connectivity index (χ2n) is 28.0. The highest BCUT2D eigenvalue weighted by Gasteiger charge is 2.64. The first kappa shape index (κ1) is 65.5. The van der Waals surface area contributed by atoms with Crippen molar-refractivity contribution >= 4 is 85.7 Å². The zero-order chi connectivity index (χ0) is 66.7. The van der Waals surface area contributed by atoms with E-state index >= 15 is 0 Å². The van der Waals surface area contributed by atoms with Crippen LogP contribution in [0.4, 0.5) is 0 Å². The van der Waals surface area contributed by atoms with Gasteiger partial charge in [0.05, 0.1) is 39.2 Å². The van der Waals surface area contributed by atoms with Crippen molar-refractivity contribution in [2.24, 2.45) is 0 Å². The molecule has 7 heterocycles. The standard InChI is InChI=1S/C37H30BNO4.C31H18BrNO2.C12H24B2O4.CH4/c1-36(2)37(3,4)43-38(42-36)33-20-18-24(22-39-33)35-27-13-7-5-11-25(27)34(26-12-6-8-14-28(26)35)23-17-19-31-32(21-23)41-30-16-10-9-15-29(30)40-31;32-29-16-14-20(18-33-29)31-23-9-3-1-7-21(23)30(22-8-2-4-10-24(22)31)19-13-15-27-28(17-19)35-26-12-6-5-11-25(26)34-27;1-9(2)10(3,4)16-13(15-9)14-17-11(5,6)12(7,8)18-14;/h5-22H,1-4H3;1-18H;1-8H3;1H4. The number of ether oxygens (including phenoxy) is 4. The molecule has 0 bridgehead atoms. The molecule has 5 aliphatic heterocycles. The molecule has 3 saturated heterocycles. The molecule has 0 saturated carbocycles. The first-order valence-electron chi connectivity index (χ1n) is 32.6. The molecule has 0 amide bonds. The highest BCUT2D eigenvalue weighted by atomic mass is 79.9. The number of hydrogen-bond donors (Lipinski definition) is 0. The van der Waals surface area contributed by atoms with Crippen molar-refractivity contribution in [2.45, 2.75) is 124 Å². The summed E-state index contributed by atoms with van der Waals surface area (Å²) in [5.74, 6) is 5.75. The number of fused-ring (bicyclic) bond motifs is 8.